The molecule has 72 valence electrons. The van der Waals surface area contributed by atoms with Crippen molar-refractivity contribution in [3.63, 3.8) is 0 Å². The first kappa shape index (κ1) is 11.3. The first-order valence-electron chi connectivity index (χ1n) is 4.50. The molecule has 0 unspecified atom stereocenters. The SMILES string of the molecule is CC(C)C(CN=C(N)N)C(C)C. The molecule has 0 aromatic heterocycles. The molecule has 3 heteroatoms. The number of rotatable bonds is 4. The van der Waals surface area contributed by atoms with Gasteiger partial charge in [0.15, 0.2) is 5.96 Å². The molecule has 0 aliphatic rings. The van der Waals surface area contributed by atoms with E-state index in [-0.39, 0.29) is 5.96 Å². The first-order valence-corrected chi connectivity index (χ1v) is 4.50. The van der Waals surface area contributed by atoms with Gasteiger partial charge in [0.25, 0.3) is 0 Å². The van der Waals surface area contributed by atoms with E-state index in [1.807, 2.05) is 0 Å². The molecule has 0 amide bonds. The Balaban J connectivity index is 4.06. The second-order valence-corrected chi connectivity index (χ2v) is 3.92. The van der Waals surface area contributed by atoms with Gasteiger partial charge in [0.05, 0.1) is 0 Å². The molecule has 0 aromatic rings. The third-order valence-corrected chi connectivity index (χ3v) is 2.20. The van der Waals surface area contributed by atoms with E-state index < -0.39 is 0 Å². The van der Waals surface area contributed by atoms with E-state index in [0.29, 0.717) is 17.8 Å². The topological polar surface area (TPSA) is 64.4 Å². The van der Waals surface area contributed by atoms with Crippen molar-refractivity contribution in [1.29, 1.82) is 0 Å². The molecular formula is C9H21N3. The molecule has 0 spiro atoms. The molecule has 0 bridgehead atoms. The van der Waals surface area contributed by atoms with Crippen LogP contribution in [0.1, 0.15) is 27.7 Å². The van der Waals surface area contributed by atoms with Crippen LogP contribution >= 0.6 is 0 Å². The van der Waals surface area contributed by atoms with E-state index in [0.717, 1.165) is 6.54 Å². The van der Waals surface area contributed by atoms with Gasteiger partial charge in [-0.15, -0.1) is 0 Å². The number of nitrogens with zero attached hydrogens (tertiary/aromatic N) is 1. The van der Waals surface area contributed by atoms with Gasteiger partial charge >= 0.3 is 0 Å². The highest BCUT2D eigenvalue weighted by Crippen LogP contribution is 2.20. The fraction of sp³-hybridized carbons (Fsp3) is 0.889. The standard InChI is InChI=1S/C9H21N3/c1-6(2)8(7(3)4)5-12-9(10)11/h6-8H,5H2,1-4H3,(H4,10,11,12). The number of hydrogen-bond acceptors (Lipinski definition) is 1. The quantitative estimate of drug-likeness (QED) is 0.493. The van der Waals surface area contributed by atoms with E-state index in [4.69, 9.17) is 11.5 Å². The molecule has 0 aromatic carbocycles. The molecule has 0 saturated carbocycles. The number of guanidine groups is 1. The molecule has 3 nitrogen and oxygen atoms in total. The van der Waals surface area contributed by atoms with E-state index in [1.54, 1.807) is 0 Å². The van der Waals surface area contributed by atoms with Gasteiger partial charge in [-0.3, -0.25) is 4.99 Å². The monoisotopic (exact) mass is 171 g/mol. The van der Waals surface area contributed by atoms with Gasteiger partial charge in [-0.2, -0.15) is 0 Å². The maximum Gasteiger partial charge on any atom is 0.185 e. The van der Waals surface area contributed by atoms with Crippen LogP contribution in [0.3, 0.4) is 0 Å². The average Bonchev–Trinajstić information content (AvgIpc) is 1.84. The Morgan fingerprint density at radius 1 is 1.08 bits per heavy atom. The Morgan fingerprint density at radius 3 is 1.75 bits per heavy atom. The highest BCUT2D eigenvalue weighted by Gasteiger charge is 2.16. The summed E-state index contributed by atoms with van der Waals surface area (Å²) < 4.78 is 0. The lowest BCUT2D eigenvalue weighted by Crippen LogP contribution is -2.26. The lowest BCUT2D eigenvalue weighted by molar-refractivity contribution is 0.298. The van der Waals surface area contributed by atoms with Gasteiger partial charge in [0.1, 0.15) is 0 Å². The molecule has 0 heterocycles. The van der Waals surface area contributed by atoms with Crippen LogP contribution in [-0.2, 0) is 0 Å². The van der Waals surface area contributed by atoms with Crippen molar-refractivity contribution in [3.05, 3.63) is 0 Å². The summed E-state index contributed by atoms with van der Waals surface area (Å²) in [5, 5.41) is 0. The lowest BCUT2D eigenvalue weighted by atomic mass is 9.86. The molecule has 0 saturated heterocycles. The summed E-state index contributed by atoms with van der Waals surface area (Å²) in [6.07, 6.45) is 0. The van der Waals surface area contributed by atoms with Crippen molar-refractivity contribution >= 4 is 5.96 Å². The van der Waals surface area contributed by atoms with Gasteiger partial charge in [-0.25, -0.2) is 0 Å². The minimum Gasteiger partial charge on any atom is -0.370 e. The Bertz CT molecular complexity index is 138. The Labute approximate surface area is 75.2 Å². The van der Waals surface area contributed by atoms with Crippen molar-refractivity contribution in [2.45, 2.75) is 27.7 Å². The second-order valence-electron chi connectivity index (χ2n) is 3.92. The molecule has 12 heavy (non-hydrogen) atoms. The van der Waals surface area contributed by atoms with Crippen LogP contribution < -0.4 is 11.5 Å². The largest absolute Gasteiger partial charge is 0.370 e. The van der Waals surface area contributed by atoms with Crippen LogP contribution in [0.4, 0.5) is 0 Å². The van der Waals surface area contributed by atoms with E-state index >= 15 is 0 Å². The summed E-state index contributed by atoms with van der Waals surface area (Å²) in [4.78, 5) is 4.04. The molecule has 4 N–H and O–H groups in total. The third-order valence-electron chi connectivity index (χ3n) is 2.20. The van der Waals surface area contributed by atoms with Crippen LogP contribution in [0.5, 0.6) is 0 Å². The Hall–Kier alpha value is -0.730. The van der Waals surface area contributed by atoms with Crippen LogP contribution in [-0.4, -0.2) is 12.5 Å². The fourth-order valence-corrected chi connectivity index (χ4v) is 1.40. The van der Waals surface area contributed by atoms with Crippen molar-refractivity contribution in [2.24, 2.45) is 34.2 Å². The zero-order valence-corrected chi connectivity index (χ0v) is 8.54. The normalized spacial score (nSPS) is 11.2. The minimum absolute atomic E-state index is 0.196. The second kappa shape index (κ2) is 5.01. The number of nitrogens with two attached hydrogens (primary N) is 2. The van der Waals surface area contributed by atoms with Gasteiger partial charge in [-0.05, 0) is 17.8 Å². The van der Waals surface area contributed by atoms with E-state index in [9.17, 15) is 0 Å². The predicted octanol–water partition coefficient (Wildman–Crippen LogP) is 1.19. The summed E-state index contributed by atoms with van der Waals surface area (Å²) in [6.45, 7) is 9.55. The molecule has 0 aliphatic heterocycles. The van der Waals surface area contributed by atoms with Gasteiger partial charge < -0.3 is 11.5 Å². The van der Waals surface area contributed by atoms with Crippen LogP contribution in [0.25, 0.3) is 0 Å². The van der Waals surface area contributed by atoms with Crippen molar-refractivity contribution < 1.29 is 0 Å². The smallest absolute Gasteiger partial charge is 0.185 e. The Morgan fingerprint density at radius 2 is 1.50 bits per heavy atom. The maximum atomic E-state index is 5.27. The van der Waals surface area contributed by atoms with Crippen molar-refractivity contribution in [1.82, 2.24) is 0 Å². The summed E-state index contributed by atoms with van der Waals surface area (Å²) in [7, 11) is 0. The molecule has 0 fully saturated rings. The molecule has 0 atom stereocenters. The lowest BCUT2D eigenvalue weighted by Gasteiger charge is -2.22. The van der Waals surface area contributed by atoms with Crippen LogP contribution in [0.15, 0.2) is 4.99 Å². The predicted molar refractivity (Wildman–Crippen MR) is 53.8 cm³/mol. The Kier molecular flexibility index (Phi) is 4.71. The van der Waals surface area contributed by atoms with Crippen LogP contribution in [0, 0.1) is 17.8 Å². The van der Waals surface area contributed by atoms with Gasteiger partial charge in [-0.1, -0.05) is 27.7 Å². The average molecular weight is 171 g/mol. The van der Waals surface area contributed by atoms with E-state index in [1.165, 1.54) is 0 Å². The number of hydrogen-bond donors (Lipinski definition) is 2. The minimum atomic E-state index is 0.196. The molecule has 0 radical (unpaired) electrons. The summed E-state index contributed by atoms with van der Waals surface area (Å²) in [5.74, 6) is 2.04. The number of aliphatic imine (C=N–C) groups is 1. The van der Waals surface area contributed by atoms with Gasteiger partial charge in [0.2, 0.25) is 0 Å². The summed E-state index contributed by atoms with van der Waals surface area (Å²) >= 11 is 0. The highest BCUT2D eigenvalue weighted by atomic mass is 15.0. The molecule has 0 rings (SSSR count). The van der Waals surface area contributed by atoms with E-state index in [2.05, 4.69) is 32.7 Å². The summed E-state index contributed by atoms with van der Waals surface area (Å²) in [5.41, 5.74) is 10.5. The van der Waals surface area contributed by atoms with Crippen molar-refractivity contribution in [2.75, 3.05) is 6.54 Å². The van der Waals surface area contributed by atoms with Crippen LogP contribution in [0.2, 0.25) is 0 Å². The fourth-order valence-electron chi connectivity index (χ4n) is 1.40. The zero-order chi connectivity index (χ0) is 9.72. The third kappa shape index (κ3) is 4.21. The molecular weight excluding hydrogens is 150 g/mol. The first-order chi connectivity index (χ1) is 5.45. The summed E-state index contributed by atoms with van der Waals surface area (Å²) in [6, 6.07) is 0. The molecule has 0 aliphatic carbocycles. The zero-order valence-electron chi connectivity index (χ0n) is 8.54. The highest BCUT2D eigenvalue weighted by molar-refractivity contribution is 5.75. The van der Waals surface area contributed by atoms with Crippen molar-refractivity contribution in [3.8, 4) is 0 Å². The maximum absolute atomic E-state index is 5.27. The van der Waals surface area contributed by atoms with Gasteiger partial charge in [0, 0.05) is 6.54 Å².